The average molecular weight is 664 g/mol. The number of pyridine rings is 2. The highest BCUT2D eigenvalue weighted by molar-refractivity contribution is 6.39. The molecule has 0 aliphatic carbocycles. The van der Waals surface area contributed by atoms with E-state index in [9.17, 15) is 0 Å². The molecule has 46 heavy (non-hydrogen) atoms. The first-order valence-corrected chi connectivity index (χ1v) is 16.6. The first-order valence-electron chi connectivity index (χ1n) is 15.8. The number of ether oxygens (including phenoxy) is 4. The standard InChI is InChI=1S/C36H40Cl2N4O4/c1-43-32-20-23(6-7-24(32)21-40-26-11-16-45-17-12-26)28-10-15-39-35(34(28)38)30-5-3-4-29(33(30)37)31-9-8-25(36(42-31)44-2)22-41-27-13-18-46-19-14-27/h3-10,15,20,26-27,40-41H,11-14,16-19,21-22H2,1-2H3. The van der Waals surface area contributed by atoms with Crippen LogP contribution in [0.15, 0.2) is 60.8 Å². The molecule has 4 heterocycles. The van der Waals surface area contributed by atoms with Crippen LogP contribution in [0.25, 0.3) is 33.6 Å². The number of methoxy groups -OCH3 is 2. The summed E-state index contributed by atoms with van der Waals surface area (Å²) >= 11 is 14.2. The fourth-order valence-electron chi connectivity index (χ4n) is 6.07. The lowest BCUT2D eigenvalue weighted by Gasteiger charge is -2.23. The van der Waals surface area contributed by atoms with Gasteiger partial charge in [0.25, 0.3) is 0 Å². The first-order chi connectivity index (χ1) is 22.6. The molecular weight excluding hydrogens is 623 g/mol. The monoisotopic (exact) mass is 662 g/mol. The van der Waals surface area contributed by atoms with E-state index in [1.54, 1.807) is 20.4 Å². The lowest BCUT2D eigenvalue weighted by Crippen LogP contribution is -2.34. The van der Waals surface area contributed by atoms with Crippen molar-refractivity contribution in [3.8, 4) is 45.3 Å². The number of hydrogen-bond donors (Lipinski definition) is 2. The third-order valence-corrected chi connectivity index (χ3v) is 9.54. The molecular formula is C36H40Cl2N4O4. The van der Waals surface area contributed by atoms with Gasteiger partial charge in [-0.25, -0.2) is 4.98 Å². The van der Waals surface area contributed by atoms with Gasteiger partial charge in [0.2, 0.25) is 5.88 Å². The van der Waals surface area contributed by atoms with Gasteiger partial charge in [0.15, 0.2) is 0 Å². The second-order valence-corrected chi connectivity index (χ2v) is 12.4. The zero-order chi connectivity index (χ0) is 31.9. The van der Waals surface area contributed by atoms with Gasteiger partial charge < -0.3 is 29.6 Å². The molecule has 4 aromatic rings. The zero-order valence-corrected chi connectivity index (χ0v) is 27.8. The van der Waals surface area contributed by atoms with Crippen LogP contribution in [0.4, 0.5) is 0 Å². The summed E-state index contributed by atoms with van der Waals surface area (Å²) in [7, 11) is 3.34. The molecule has 2 aliphatic heterocycles. The second kappa shape index (κ2) is 15.6. The predicted molar refractivity (Wildman–Crippen MR) is 183 cm³/mol. The van der Waals surface area contributed by atoms with Crippen molar-refractivity contribution in [3.05, 3.63) is 82.0 Å². The van der Waals surface area contributed by atoms with Crippen molar-refractivity contribution in [1.29, 1.82) is 0 Å². The lowest BCUT2D eigenvalue weighted by molar-refractivity contribution is 0.0774. The normalized spacial score (nSPS) is 16.0. The first kappa shape index (κ1) is 32.7. The van der Waals surface area contributed by atoms with E-state index < -0.39 is 0 Å². The minimum atomic E-state index is 0.426. The fourth-order valence-corrected chi connectivity index (χ4v) is 6.70. The zero-order valence-electron chi connectivity index (χ0n) is 26.3. The second-order valence-electron chi connectivity index (χ2n) is 11.6. The molecule has 2 aliphatic rings. The summed E-state index contributed by atoms with van der Waals surface area (Å²) < 4.78 is 22.4. The molecule has 0 atom stereocenters. The third kappa shape index (κ3) is 7.49. The molecule has 2 saturated heterocycles. The quantitative estimate of drug-likeness (QED) is 0.173. The largest absolute Gasteiger partial charge is 0.496 e. The third-order valence-electron chi connectivity index (χ3n) is 8.75. The van der Waals surface area contributed by atoms with Crippen LogP contribution >= 0.6 is 23.2 Å². The van der Waals surface area contributed by atoms with Gasteiger partial charge in [-0.2, -0.15) is 0 Å². The van der Waals surface area contributed by atoms with Crippen molar-refractivity contribution in [1.82, 2.24) is 20.6 Å². The fraction of sp³-hybridized carbons (Fsp3) is 0.389. The molecule has 0 bridgehead atoms. The summed E-state index contributed by atoms with van der Waals surface area (Å²) in [6, 6.07) is 18.8. The number of aromatic nitrogens is 2. The number of halogens is 2. The molecule has 2 fully saturated rings. The van der Waals surface area contributed by atoms with E-state index in [1.807, 2.05) is 42.5 Å². The smallest absolute Gasteiger partial charge is 0.218 e. The Bertz CT molecular complexity index is 1520. The van der Waals surface area contributed by atoms with E-state index in [4.69, 9.17) is 47.1 Å². The Hall–Kier alpha value is -3.24. The van der Waals surface area contributed by atoms with Gasteiger partial charge in [0.1, 0.15) is 5.75 Å². The van der Waals surface area contributed by atoms with Crippen molar-refractivity contribution < 1.29 is 18.9 Å². The van der Waals surface area contributed by atoms with Crippen LogP contribution < -0.4 is 20.1 Å². The van der Waals surface area contributed by atoms with Crippen LogP contribution in [0, 0.1) is 0 Å². The minimum Gasteiger partial charge on any atom is -0.496 e. The van der Waals surface area contributed by atoms with Crippen molar-refractivity contribution in [2.75, 3.05) is 40.6 Å². The van der Waals surface area contributed by atoms with Gasteiger partial charge in [-0.3, -0.25) is 4.98 Å². The van der Waals surface area contributed by atoms with E-state index in [0.717, 1.165) is 97.8 Å². The highest BCUT2D eigenvalue weighted by Gasteiger charge is 2.20. The molecule has 2 N–H and O–H groups in total. The maximum atomic E-state index is 7.08. The summed E-state index contributed by atoms with van der Waals surface area (Å²) in [6.07, 6.45) is 5.79. The topological polar surface area (TPSA) is 86.8 Å². The summed E-state index contributed by atoms with van der Waals surface area (Å²) in [5.41, 5.74) is 6.66. The molecule has 10 heteroatoms. The van der Waals surface area contributed by atoms with Crippen molar-refractivity contribution in [2.24, 2.45) is 0 Å². The maximum absolute atomic E-state index is 7.08. The summed E-state index contributed by atoms with van der Waals surface area (Å²) in [4.78, 5) is 9.49. The Morgan fingerprint density at radius 2 is 1.39 bits per heavy atom. The predicted octanol–water partition coefficient (Wildman–Crippen LogP) is 7.34. The van der Waals surface area contributed by atoms with Crippen LogP contribution in [0.1, 0.15) is 36.8 Å². The molecule has 8 nitrogen and oxygen atoms in total. The van der Waals surface area contributed by atoms with Crippen LogP contribution in [0.3, 0.4) is 0 Å². The lowest BCUT2D eigenvalue weighted by atomic mass is 9.99. The molecule has 0 radical (unpaired) electrons. The highest BCUT2D eigenvalue weighted by Crippen LogP contribution is 2.42. The number of nitrogens with zero attached hydrogens (tertiary/aromatic N) is 2. The molecule has 2 aromatic carbocycles. The molecule has 0 unspecified atom stereocenters. The molecule has 0 saturated carbocycles. The number of nitrogens with one attached hydrogen (secondary N) is 2. The van der Waals surface area contributed by atoms with E-state index in [-0.39, 0.29) is 0 Å². The van der Waals surface area contributed by atoms with Gasteiger partial charge in [-0.15, -0.1) is 0 Å². The van der Waals surface area contributed by atoms with Gasteiger partial charge >= 0.3 is 0 Å². The minimum absolute atomic E-state index is 0.426. The van der Waals surface area contributed by atoms with Crippen LogP contribution in [0.2, 0.25) is 10.0 Å². The molecule has 0 amide bonds. The summed E-state index contributed by atoms with van der Waals surface area (Å²) in [5.74, 6) is 1.37. The van der Waals surface area contributed by atoms with Crippen molar-refractivity contribution in [3.63, 3.8) is 0 Å². The number of rotatable bonds is 11. The van der Waals surface area contributed by atoms with Gasteiger partial charge in [-0.1, -0.05) is 59.6 Å². The molecule has 2 aromatic heterocycles. The summed E-state index contributed by atoms with van der Waals surface area (Å²) in [6.45, 7) is 4.57. The molecule has 0 spiro atoms. The van der Waals surface area contributed by atoms with Crippen LogP contribution in [0.5, 0.6) is 11.6 Å². The van der Waals surface area contributed by atoms with Crippen molar-refractivity contribution in [2.45, 2.75) is 50.9 Å². The Morgan fingerprint density at radius 1 is 0.739 bits per heavy atom. The highest BCUT2D eigenvalue weighted by atomic mass is 35.5. The molecule has 6 rings (SSSR count). The van der Waals surface area contributed by atoms with E-state index in [0.29, 0.717) is 45.9 Å². The van der Waals surface area contributed by atoms with Crippen LogP contribution in [-0.4, -0.2) is 62.7 Å². The number of benzene rings is 2. The Kier molecular flexibility index (Phi) is 11.1. The van der Waals surface area contributed by atoms with Gasteiger partial charge in [-0.05, 0) is 49.4 Å². The van der Waals surface area contributed by atoms with Crippen LogP contribution in [-0.2, 0) is 22.6 Å². The maximum Gasteiger partial charge on any atom is 0.218 e. The van der Waals surface area contributed by atoms with Crippen molar-refractivity contribution >= 4 is 23.2 Å². The van der Waals surface area contributed by atoms with Gasteiger partial charge in [0, 0.05) is 85.6 Å². The Morgan fingerprint density at radius 3 is 2.07 bits per heavy atom. The Labute approximate surface area is 280 Å². The average Bonchev–Trinajstić information content (AvgIpc) is 3.11. The van der Waals surface area contributed by atoms with E-state index >= 15 is 0 Å². The Balaban J connectivity index is 1.24. The molecule has 242 valence electrons. The SMILES string of the molecule is COc1cc(-c2ccnc(-c3cccc(-c4ccc(CNC5CCOCC5)c(OC)n4)c3Cl)c2Cl)ccc1CNC1CCOCC1. The number of hydrogen-bond acceptors (Lipinski definition) is 8. The van der Waals surface area contributed by atoms with E-state index in [2.05, 4.69) is 27.8 Å². The summed E-state index contributed by atoms with van der Waals surface area (Å²) in [5, 5.41) is 8.27. The van der Waals surface area contributed by atoms with E-state index in [1.165, 1.54) is 0 Å². The van der Waals surface area contributed by atoms with Gasteiger partial charge in [0.05, 0.1) is 35.7 Å².